The van der Waals surface area contributed by atoms with Crippen molar-refractivity contribution < 1.29 is 33.6 Å². The molecule has 7 heteroatoms. The lowest BCUT2D eigenvalue weighted by Gasteiger charge is -2.22. The Morgan fingerprint density at radius 2 is 1.87 bits per heavy atom. The molecule has 1 N–H and O–H groups in total. The lowest BCUT2D eigenvalue weighted by Crippen LogP contribution is -2.21. The van der Waals surface area contributed by atoms with Crippen molar-refractivity contribution in [2.75, 3.05) is 20.8 Å². The number of esters is 1. The van der Waals surface area contributed by atoms with Gasteiger partial charge in [-0.15, -0.1) is 0 Å². The smallest absolute Gasteiger partial charge is 0.338 e. The third-order valence-corrected chi connectivity index (χ3v) is 6.14. The van der Waals surface area contributed by atoms with Gasteiger partial charge in [-0.25, -0.2) is 4.79 Å². The van der Waals surface area contributed by atoms with Crippen LogP contribution < -0.4 is 14.2 Å². The fraction of sp³-hybridized carbons (Fsp3) is 0.417. The van der Waals surface area contributed by atoms with Crippen LogP contribution in [0, 0.1) is 11.3 Å². The van der Waals surface area contributed by atoms with E-state index in [1.54, 1.807) is 27.2 Å². The summed E-state index contributed by atoms with van der Waals surface area (Å²) in [5, 5.41) is 9.29. The molecule has 2 aromatic rings. The largest absolute Gasteiger partial charge is 0.493 e. The van der Waals surface area contributed by atoms with E-state index in [2.05, 4.69) is 0 Å². The van der Waals surface area contributed by atoms with Crippen molar-refractivity contribution in [3.63, 3.8) is 0 Å². The van der Waals surface area contributed by atoms with E-state index < -0.39 is 11.9 Å². The van der Waals surface area contributed by atoms with E-state index in [9.17, 15) is 14.7 Å². The molecule has 1 atom stereocenters. The Hall–Kier alpha value is -3.22. The first-order valence-corrected chi connectivity index (χ1v) is 10.3. The van der Waals surface area contributed by atoms with Crippen LogP contribution in [0.1, 0.15) is 42.1 Å². The zero-order valence-corrected chi connectivity index (χ0v) is 17.9. The molecule has 164 valence electrons. The number of benzene rings is 2. The normalized spacial score (nSPS) is 16.8. The molecule has 2 aromatic carbocycles. The average molecular weight is 426 g/mol. The monoisotopic (exact) mass is 426 g/mol. The molecule has 31 heavy (non-hydrogen) atoms. The molecular weight excluding hydrogens is 400 g/mol. The molecule has 0 amide bonds. The number of rotatable bonds is 9. The molecule has 7 nitrogen and oxygen atoms in total. The summed E-state index contributed by atoms with van der Waals surface area (Å²) in [4.78, 5) is 23.1. The van der Waals surface area contributed by atoms with Gasteiger partial charge in [-0.3, -0.25) is 4.79 Å². The number of carbonyl (C=O) groups is 2. The van der Waals surface area contributed by atoms with Gasteiger partial charge in [0.15, 0.2) is 11.5 Å². The highest BCUT2D eigenvalue weighted by molar-refractivity contribution is 5.94. The quantitative estimate of drug-likeness (QED) is 0.598. The summed E-state index contributed by atoms with van der Waals surface area (Å²) in [6.45, 7) is 2.38. The Kier molecular flexibility index (Phi) is 5.52. The number of carboxylic acids is 1. The third-order valence-electron chi connectivity index (χ3n) is 6.14. The Bertz CT molecular complexity index is 1020. The van der Waals surface area contributed by atoms with Crippen molar-refractivity contribution in [3.05, 3.63) is 41.5 Å². The molecular formula is C24H26O7. The standard InChI is InChI=1S/C24H26O7/c1-14(22(25)26)11-24(8-9-24)13-31-20-17(6-7-19(28-2)21(20)29-3)15-4-5-18-16(10-15)12-30-23(18)27/h4-7,10,14H,8-9,11-13H2,1-3H3,(H,25,26). The minimum Gasteiger partial charge on any atom is -0.493 e. The summed E-state index contributed by atoms with van der Waals surface area (Å²) in [6, 6.07) is 9.26. The Morgan fingerprint density at radius 1 is 1.13 bits per heavy atom. The first kappa shape index (κ1) is 21.0. The van der Waals surface area contributed by atoms with Crippen LogP contribution in [-0.4, -0.2) is 37.9 Å². The summed E-state index contributed by atoms with van der Waals surface area (Å²) in [5.74, 6) is 0.0438. The summed E-state index contributed by atoms with van der Waals surface area (Å²) < 4.78 is 22.5. The van der Waals surface area contributed by atoms with Gasteiger partial charge in [-0.05, 0) is 49.1 Å². The fourth-order valence-corrected chi connectivity index (χ4v) is 4.12. The van der Waals surface area contributed by atoms with Crippen LogP contribution in [0.2, 0.25) is 0 Å². The van der Waals surface area contributed by atoms with Gasteiger partial charge in [0.05, 0.1) is 32.3 Å². The van der Waals surface area contributed by atoms with Gasteiger partial charge in [0.25, 0.3) is 0 Å². The Morgan fingerprint density at radius 3 is 2.52 bits per heavy atom. The topological polar surface area (TPSA) is 91.3 Å². The molecule has 2 aliphatic rings. The Labute approximate surface area is 180 Å². The highest BCUT2D eigenvalue weighted by Gasteiger charge is 2.45. The number of cyclic esters (lactones) is 1. The number of carboxylic acid groups (broad SMARTS) is 1. The summed E-state index contributed by atoms with van der Waals surface area (Å²) in [5.41, 5.74) is 2.95. The van der Waals surface area contributed by atoms with Crippen molar-refractivity contribution in [2.24, 2.45) is 11.3 Å². The zero-order chi connectivity index (χ0) is 22.2. The summed E-state index contributed by atoms with van der Waals surface area (Å²) in [6.07, 6.45) is 2.44. The molecule has 1 heterocycles. The van der Waals surface area contributed by atoms with Gasteiger partial charge in [0.1, 0.15) is 6.61 Å². The molecule has 1 fully saturated rings. The molecule has 1 saturated carbocycles. The highest BCUT2D eigenvalue weighted by atomic mass is 16.5. The molecule has 1 aliphatic heterocycles. The van der Waals surface area contributed by atoms with Gasteiger partial charge in [-0.2, -0.15) is 0 Å². The van der Waals surface area contributed by atoms with E-state index >= 15 is 0 Å². The van der Waals surface area contributed by atoms with E-state index in [0.717, 1.165) is 29.5 Å². The van der Waals surface area contributed by atoms with Gasteiger partial charge in [0, 0.05) is 16.5 Å². The second-order valence-corrected chi connectivity index (χ2v) is 8.36. The third kappa shape index (κ3) is 4.04. The SMILES string of the molecule is COc1ccc(-c2ccc3c(c2)COC3=O)c(OCC2(CC(C)C(=O)O)CC2)c1OC. The first-order valence-electron chi connectivity index (χ1n) is 10.3. The number of carbonyl (C=O) groups excluding carboxylic acids is 1. The summed E-state index contributed by atoms with van der Waals surface area (Å²) >= 11 is 0. The molecule has 0 bridgehead atoms. The van der Waals surface area contributed by atoms with Crippen LogP contribution in [0.15, 0.2) is 30.3 Å². The maximum atomic E-state index is 11.8. The molecule has 0 saturated heterocycles. The van der Waals surface area contributed by atoms with Crippen molar-refractivity contribution in [1.29, 1.82) is 0 Å². The van der Waals surface area contributed by atoms with Crippen LogP contribution in [-0.2, 0) is 16.1 Å². The minimum absolute atomic E-state index is 0.138. The van der Waals surface area contributed by atoms with E-state index in [1.165, 1.54) is 0 Å². The number of aliphatic carboxylic acids is 1. The molecule has 1 unspecified atom stereocenters. The predicted octanol–water partition coefficient (Wildman–Crippen LogP) is 4.31. The van der Waals surface area contributed by atoms with Gasteiger partial charge in [0.2, 0.25) is 5.75 Å². The molecule has 0 aromatic heterocycles. The fourth-order valence-electron chi connectivity index (χ4n) is 4.12. The molecule has 1 aliphatic carbocycles. The maximum absolute atomic E-state index is 11.8. The van der Waals surface area contributed by atoms with Crippen LogP contribution in [0.4, 0.5) is 0 Å². The van der Waals surface area contributed by atoms with E-state index in [4.69, 9.17) is 18.9 Å². The number of methoxy groups -OCH3 is 2. The number of hydrogen-bond acceptors (Lipinski definition) is 6. The highest BCUT2D eigenvalue weighted by Crippen LogP contribution is 2.52. The van der Waals surface area contributed by atoms with Crippen molar-refractivity contribution in [3.8, 4) is 28.4 Å². The number of fused-ring (bicyclic) bond motifs is 1. The van der Waals surface area contributed by atoms with Crippen LogP contribution >= 0.6 is 0 Å². The second-order valence-electron chi connectivity index (χ2n) is 8.36. The van der Waals surface area contributed by atoms with Crippen molar-refractivity contribution >= 4 is 11.9 Å². The molecule has 0 spiro atoms. The van der Waals surface area contributed by atoms with Crippen LogP contribution in [0.5, 0.6) is 17.2 Å². The van der Waals surface area contributed by atoms with E-state index in [-0.39, 0.29) is 18.0 Å². The second kappa shape index (κ2) is 8.13. The zero-order valence-electron chi connectivity index (χ0n) is 17.9. The average Bonchev–Trinajstić information content (AvgIpc) is 3.44. The van der Waals surface area contributed by atoms with Crippen molar-refractivity contribution in [1.82, 2.24) is 0 Å². The molecule has 4 rings (SSSR count). The summed E-state index contributed by atoms with van der Waals surface area (Å²) in [7, 11) is 3.12. The molecule has 0 radical (unpaired) electrons. The number of ether oxygens (including phenoxy) is 4. The van der Waals surface area contributed by atoms with Gasteiger partial charge >= 0.3 is 11.9 Å². The lowest BCUT2D eigenvalue weighted by atomic mass is 9.94. The van der Waals surface area contributed by atoms with Crippen LogP contribution in [0.3, 0.4) is 0 Å². The van der Waals surface area contributed by atoms with E-state index in [0.29, 0.717) is 35.8 Å². The minimum atomic E-state index is -0.791. The number of hydrogen-bond donors (Lipinski definition) is 1. The van der Waals surface area contributed by atoms with Crippen LogP contribution in [0.25, 0.3) is 11.1 Å². The predicted molar refractivity (Wildman–Crippen MR) is 113 cm³/mol. The first-order chi connectivity index (χ1) is 14.9. The Balaban J connectivity index is 1.67. The maximum Gasteiger partial charge on any atom is 0.338 e. The van der Waals surface area contributed by atoms with Gasteiger partial charge < -0.3 is 24.1 Å². The van der Waals surface area contributed by atoms with Crippen molar-refractivity contribution in [2.45, 2.75) is 32.8 Å². The van der Waals surface area contributed by atoms with E-state index in [1.807, 2.05) is 24.3 Å². The lowest BCUT2D eigenvalue weighted by molar-refractivity contribution is -0.141. The van der Waals surface area contributed by atoms with Gasteiger partial charge in [-0.1, -0.05) is 13.0 Å².